The maximum Gasteiger partial charge on any atom is 0.0540 e. The third-order valence-corrected chi connectivity index (χ3v) is 3.12. The van der Waals surface area contributed by atoms with Crippen molar-refractivity contribution in [3.63, 3.8) is 0 Å². The summed E-state index contributed by atoms with van der Waals surface area (Å²) in [5.74, 6) is 6.37. The predicted molar refractivity (Wildman–Crippen MR) is 66.7 cm³/mol. The minimum absolute atomic E-state index is 0.229. The standard InChI is InChI=1S/C12H24N4/c1-9(2)6-5-7-12(15-13)11-8-14-16(4)10(11)3/h8-9,12,15H,5-7,13H2,1-4H3. The lowest BCUT2D eigenvalue weighted by atomic mass is 9.99. The second kappa shape index (κ2) is 6.01. The molecule has 0 bridgehead atoms. The summed E-state index contributed by atoms with van der Waals surface area (Å²) in [7, 11) is 1.96. The zero-order valence-electron chi connectivity index (χ0n) is 10.8. The smallest absolute Gasteiger partial charge is 0.0540 e. The number of aryl methyl sites for hydroxylation is 1. The summed E-state index contributed by atoms with van der Waals surface area (Å²) in [4.78, 5) is 0. The highest BCUT2D eigenvalue weighted by atomic mass is 15.3. The molecule has 16 heavy (non-hydrogen) atoms. The second-order valence-corrected chi connectivity index (χ2v) is 4.85. The average Bonchev–Trinajstić information content (AvgIpc) is 2.55. The fraction of sp³-hybridized carbons (Fsp3) is 0.750. The summed E-state index contributed by atoms with van der Waals surface area (Å²) in [6, 6.07) is 0.229. The first-order valence-corrected chi connectivity index (χ1v) is 6.00. The molecule has 0 aliphatic rings. The lowest BCUT2D eigenvalue weighted by Crippen LogP contribution is -2.28. The van der Waals surface area contributed by atoms with E-state index in [0.29, 0.717) is 0 Å². The Labute approximate surface area is 98.2 Å². The molecular formula is C12H24N4. The largest absolute Gasteiger partial charge is 0.273 e. The quantitative estimate of drug-likeness (QED) is 0.574. The number of nitrogens with one attached hydrogen (secondary N) is 1. The molecule has 0 aromatic carbocycles. The molecule has 0 saturated carbocycles. The van der Waals surface area contributed by atoms with Crippen LogP contribution in [0.2, 0.25) is 0 Å². The van der Waals surface area contributed by atoms with Gasteiger partial charge in [0.25, 0.3) is 0 Å². The molecule has 0 spiro atoms. The summed E-state index contributed by atoms with van der Waals surface area (Å²) < 4.78 is 1.89. The van der Waals surface area contributed by atoms with Gasteiger partial charge in [-0.3, -0.25) is 16.0 Å². The van der Waals surface area contributed by atoms with Gasteiger partial charge < -0.3 is 0 Å². The van der Waals surface area contributed by atoms with Crippen molar-refractivity contribution in [1.82, 2.24) is 15.2 Å². The second-order valence-electron chi connectivity index (χ2n) is 4.85. The Morgan fingerprint density at radius 2 is 2.12 bits per heavy atom. The van der Waals surface area contributed by atoms with E-state index in [1.54, 1.807) is 0 Å². The minimum atomic E-state index is 0.229. The maximum atomic E-state index is 5.61. The lowest BCUT2D eigenvalue weighted by molar-refractivity contribution is 0.453. The van der Waals surface area contributed by atoms with Gasteiger partial charge in [0.1, 0.15) is 0 Å². The first-order chi connectivity index (χ1) is 7.56. The van der Waals surface area contributed by atoms with Gasteiger partial charge in [0.2, 0.25) is 0 Å². The summed E-state index contributed by atoms with van der Waals surface area (Å²) in [6.07, 6.45) is 5.43. The molecule has 1 unspecified atom stereocenters. The van der Waals surface area contributed by atoms with E-state index < -0.39 is 0 Å². The topological polar surface area (TPSA) is 55.9 Å². The van der Waals surface area contributed by atoms with Crippen LogP contribution in [0.3, 0.4) is 0 Å². The Morgan fingerprint density at radius 3 is 2.56 bits per heavy atom. The molecule has 0 amide bonds. The van der Waals surface area contributed by atoms with Gasteiger partial charge in [-0.25, -0.2) is 0 Å². The number of hydrogen-bond donors (Lipinski definition) is 2. The molecule has 1 heterocycles. The number of hydrazine groups is 1. The first-order valence-electron chi connectivity index (χ1n) is 6.00. The minimum Gasteiger partial charge on any atom is -0.273 e. The van der Waals surface area contributed by atoms with Gasteiger partial charge >= 0.3 is 0 Å². The van der Waals surface area contributed by atoms with Gasteiger partial charge in [-0.05, 0) is 19.3 Å². The molecule has 0 aliphatic carbocycles. The van der Waals surface area contributed by atoms with Gasteiger partial charge in [0.05, 0.1) is 6.20 Å². The van der Waals surface area contributed by atoms with Crippen LogP contribution < -0.4 is 11.3 Å². The van der Waals surface area contributed by atoms with E-state index in [9.17, 15) is 0 Å². The summed E-state index contributed by atoms with van der Waals surface area (Å²) >= 11 is 0. The van der Waals surface area contributed by atoms with Crippen LogP contribution in [0.1, 0.15) is 50.4 Å². The number of nitrogens with zero attached hydrogens (tertiary/aromatic N) is 2. The monoisotopic (exact) mass is 224 g/mol. The van der Waals surface area contributed by atoms with Crippen LogP contribution >= 0.6 is 0 Å². The normalized spacial score (nSPS) is 13.4. The highest BCUT2D eigenvalue weighted by Crippen LogP contribution is 2.22. The highest BCUT2D eigenvalue weighted by Gasteiger charge is 2.14. The third-order valence-electron chi connectivity index (χ3n) is 3.12. The van der Waals surface area contributed by atoms with Gasteiger partial charge in [-0.1, -0.05) is 26.7 Å². The molecule has 4 nitrogen and oxygen atoms in total. The van der Waals surface area contributed by atoms with E-state index >= 15 is 0 Å². The van der Waals surface area contributed by atoms with Crippen LogP contribution in [0, 0.1) is 12.8 Å². The van der Waals surface area contributed by atoms with E-state index in [-0.39, 0.29) is 6.04 Å². The summed E-state index contributed by atoms with van der Waals surface area (Å²) in [5, 5.41) is 4.25. The van der Waals surface area contributed by atoms with E-state index in [0.717, 1.165) is 12.3 Å². The van der Waals surface area contributed by atoms with E-state index in [4.69, 9.17) is 5.84 Å². The predicted octanol–water partition coefficient (Wildman–Crippen LogP) is 2.06. The van der Waals surface area contributed by atoms with Crippen molar-refractivity contribution in [3.05, 3.63) is 17.5 Å². The third kappa shape index (κ3) is 3.32. The van der Waals surface area contributed by atoms with Crippen LogP contribution in [-0.4, -0.2) is 9.78 Å². The van der Waals surface area contributed by atoms with Gasteiger partial charge in [0, 0.05) is 24.3 Å². The SMILES string of the molecule is Cc1c(C(CCCC(C)C)NN)cnn1C. The zero-order chi connectivity index (χ0) is 12.1. The van der Waals surface area contributed by atoms with Crippen molar-refractivity contribution in [3.8, 4) is 0 Å². The molecule has 0 saturated heterocycles. The van der Waals surface area contributed by atoms with Crippen molar-refractivity contribution >= 4 is 0 Å². The molecule has 1 aromatic rings. The first kappa shape index (κ1) is 13.2. The molecule has 1 rings (SSSR count). The van der Waals surface area contributed by atoms with Crippen molar-refractivity contribution in [2.24, 2.45) is 18.8 Å². The Hall–Kier alpha value is -0.870. The van der Waals surface area contributed by atoms with E-state index in [1.165, 1.54) is 24.1 Å². The van der Waals surface area contributed by atoms with Crippen LogP contribution in [-0.2, 0) is 7.05 Å². The molecular weight excluding hydrogens is 200 g/mol. The molecule has 0 fully saturated rings. The van der Waals surface area contributed by atoms with E-state index in [1.807, 2.05) is 17.9 Å². The number of rotatable bonds is 6. The van der Waals surface area contributed by atoms with Crippen molar-refractivity contribution in [1.29, 1.82) is 0 Å². The van der Waals surface area contributed by atoms with Crippen LogP contribution in [0.15, 0.2) is 6.20 Å². The fourth-order valence-corrected chi connectivity index (χ4v) is 1.92. The van der Waals surface area contributed by atoms with Gasteiger partial charge in [0.15, 0.2) is 0 Å². The summed E-state index contributed by atoms with van der Waals surface area (Å²) in [5.41, 5.74) is 5.30. The molecule has 0 radical (unpaired) electrons. The van der Waals surface area contributed by atoms with Crippen LogP contribution in [0.5, 0.6) is 0 Å². The molecule has 3 N–H and O–H groups in total. The Bertz CT molecular complexity index is 317. The van der Waals surface area contributed by atoms with Crippen LogP contribution in [0.4, 0.5) is 0 Å². The highest BCUT2D eigenvalue weighted by molar-refractivity contribution is 5.20. The number of nitrogens with two attached hydrogens (primary N) is 1. The van der Waals surface area contributed by atoms with Crippen molar-refractivity contribution in [2.45, 2.75) is 46.1 Å². The number of hydrogen-bond acceptors (Lipinski definition) is 3. The average molecular weight is 224 g/mol. The van der Waals surface area contributed by atoms with Gasteiger partial charge in [-0.2, -0.15) is 5.10 Å². The zero-order valence-corrected chi connectivity index (χ0v) is 10.8. The Kier molecular flexibility index (Phi) is 4.96. The Morgan fingerprint density at radius 1 is 1.44 bits per heavy atom. The molecule has 92 valence electrons. The molecule has 4 heteroatoms. The summed E-state index contributed by atoms with van der Waals surface area (Å²) in [6.45, 7) is 6.58. The van der Waals surface area contributed by atoms with Gasteiger partial charge in [-0.15, -0.1) is 0 Å². The van der Waals surface area contributed by atoms with Crippen molar-refractivity contribution in [2.75, 3.05) is 0 Å². The number of aromatic nitrogens is 2. The van der Waals surface area contributed by atoms with Crippen molar-refractivity contribution < 1.29 is 0 Å². The molecule has 1 aromatic heterocycles. The maximum absolute atomic E-state index is 5.61. The molecule has 1 atom stereocenters. The fourth-order valence-electron chi connectivity index (χ4n) is 1.92. The molecule has 0 aliphatic heterocycles. The van der Waals surface area contributed by atoms with E-state index in [2.05, 4.69) is 31.3 Å². The Balaban J connectivity index is 2.57. The lowest BCUT2D eigenvalue weighted by Gasteiger charge is -2.16. The van der Waals surface area contributed by atoms with Crippen LogP contribution in [0.25, 0.3) is 0 Å².